The van der Waals surface area contributed by atoms with E-state index in [1.165, 1.54) is 4.90 Å². The first-order valence-electron chi connectivity index (χ1n) is 8.09. The largest absolute Gasteiger partial charge is 0.336 e. The number of aromatic nitrogens is 2. The first kappa shape index (κ1) is 18.6. The number of nitrogens with one attached hydrogen (secondary N) is 1. The molecule has 26 heavy (non-hydrogen) atoms. The molecule has 0 radical (unpaired) electrons. The summed E-state index contributed by atoms with van der Waals surface area (Å²) in [7, 11) is -1.46. The molecule has 2 aromatic rings. The molecular formula is C17H19ClN4O3S. The molecule has 0 saturated carbocycles. The van der Waals surface area contributed by atoms with Crippen molar-refractivity contribution in [3.05, 3.63) is 46.7 Å². The Hall–Kier alpha value is -2.19. The minimum absolute atomic E-state index is 0.00477. The minimum atomic E-state index is -3.07. The van der Waals surface area contributed by atoms with Gasteiger partial charge < -0.3 is 10.2 Å². The first-order chi connectivity index (χ1) is 12.2. The van der Waals surface area contributed by atoms with Gasteiger partial charge in [-0.3, -0.25) is 4.79 Å². The normalized spacial score (nSPS) is 18.5. The van der Waals surface area contributed by atoms with Gasteiger partial charge >= 0.3 is 0 Å². The molecule has 1 fully saturated rings. The number of amides is 1. The Kier molecular flexibility index (Phi) is 5.15. The number of carbonyl (C=O) groups is 1. The summed E-state index contributed by atoms with van der Waals surface area (Å²) in [5.41, 5.74) is 1.60. The second-order valence-electron chi connectivity index (χ2n) is 6.32. The predicted octanol–water partition coefficient (Wildman–Crippen LogP) is 2.44. The molecule has 9 heteroatoms. The van der Waals surface area contributed by atoms with Crippen LogP contribution in [0.3, 0.4) is 0 Å². The van der Waals surface area contributed by atoms with Crippen LogP contribution in [0.4, 0.5) is 11.6 Å². The molecule has 0 aliphatic carbocycles. The second kappa shape index (κ2) is 7.20. The Morgan fingerprint density at radius 1 is 1.27 bits per heavy atom. The van der Waals surface area contributed by atoms with Crippen molar-refractivity contribution in [2.45, 2.75) is 19.4 Å². The van der Waals surface area contributed by atoms with Gasteiger partial charge in [-0.25, -0.2) is 18.4 Å². The van der Waals surface area contributed by atoms with E-state index < -0.39 is 9.84 Å². The second-order valence-corrected chi connectivity index (χ2v) is 8.99. The van der Waals surface area contributed by atoms with E-state index in [2.05, 4.69) is 15.3 Å². The van der Waals surface area contributed by atoms with E-state index in [-0.39, 0.29) is 29.1 Å². The van der Waals surface area contributed by atoms with E-state index in [1.807, 2.05) is 0 Å². The van der Waals surface area contributed by atoms with Gasteiger partial charge in [-0.05, 0) is 43.7 Å². The van der Waals surface area contributed by atoms with Gasteiger partial charge in [0.15, 0.2) is 9.84 Å². The molecule has 138 valence electrons. The van der Waals surface area contributed by atoms with Crippen LogP contribution in [-0.2, 0) is 9.84 Å². The lowest BCUT2D eigenvalue weighted by molar-refractivity contribution is 0.0741. The molecular weight excluding hydrogens is 376 g/mol. The van der Waals surface area contributed by atoms with Crippen LogP contribution in [0, 0.1) is 6.92 Å². The van der Waals surface area contributed by atoms with Gasteiger partial charge in [0.05, 0.1) is 11.5 Å². The molecule has 2 heterocycles. The molecule has 1 aromatic carbocycles. The van der Waals surface area contributed by atoms with Gasteiger partial charge in [0.1, 0.15) is 5.69 Å². The van der Waals surface area contributed by atoms with Crippen LogP contribution in [-0.4, -0.2) is 53.8 Å². The van der Waals surface area contributed by atoms with Crippen LogP contribution in [0.1, 0.15) is 22.6 Å². The zero-order valence-electron chi connectivity index (χ0n) is 14.4. The van der Waals surface area contributed by atoms with Gasteiger partial charge in [0, 0.05) is 29.5 Å². The van der Waals surface area contributed by atoms with Crippen LogP contribution in [0.15, 0.2) is 30.3 Å². The SMILES string of the molecule is Cc1cc(C(=O)N(C)C2CCS(=O)(=O)C2)nc(Nc2ccc(Cl)cc2)n1. The Labute approximate surface area is 157 Å². The summed E-state index contributed by atoms with van der Waals surface area (Å²) in [5, 5.41) is 3.66. The van der Waals surface area contributed by atoms with Crippen molar-refractivity contribution in [2.24, 2.45) is 0 Å². The number of rotatable bonds is 4. The Bertz CT molecular complexity index is 932. The number of hydrogen-bond donors (Lipinski definition) is 1. The van der Waals surface area contributed by atoms with Gasteiger partial charge in [0.25, 0.3) is 5.91 Å². The fourth-order valence-corrected chi connectivity index (χ4v) is 4.72. The topological polar surface area (TPSA) is 92.3 Å². The lowest BCUT2D eigenvalue weighted by Gasteiger charge is -2.23. The van der Waals surface area contributed by atoms with Crippen LogP contribution in [0.5, 0.6) is 0 Å². The van der Waals surface area contributed by atoms with E-state index in [4.69, 9.17) is 11.6 Å². The highest BCUT2D eigenvalue weighted by molar-refractivity contribution is 7.91. The molecule has 1 aliphatic heterocycles. The third kappa shape index (κ3) is 4.31. The highest BCUT2D eigenvalue weighted by Crippen LogP contribution is 2.20. The monoisotopic (exact) mass is 394 g/mol. The fourth-order valence-electron chi connectivity index (χ4n) is 2.82. The summed E-state index contributed by atoms with van der Waals surface area (Å²) in [6.45, 7) is 1.77. The molecule has 3 rings (SSSR count). The lowest BCUT2D eigenvalue weighted by atomic mass is 10.2. The van der Waals surface area contributed by atoms with Gasteiger partial charge in [0.2, 0.25) is 5.95 Å². The number of benzene rings is 1. The summed E-state index contributed by atoms with van der Waals surface area (Å²) in [6, 6.07) is 8.31. The number of sulfone groups is 1. The van der Waals surface area contributed by atoms with Crippen molar-refractivity contribution in [3.8, 4) is 0 Å². The number of halogens is 1. The Morgan fingerprint density at radius 3 is 2.58 bits per heavy atom. The Morgan fingerprint density at radius 2 is 1.96 bits per heavy atom. The molecule has 1 atom stereocenters. The number of hydrogen-bond acceptors (Lipinski definition) is 6. The lowest BCUT2D eigenvalue weighted by Crippen LogP contribution is -2.38. The van der Waals surface area contributed by atoms with Crippen molar-refractivity contribution in [1.29, 1.82) is 0 Å². The summed E-state index contributed by atoms with van der Waals surface area (Å²) in [4.78, 5) is 22.8. The van der Waals surface area contributed by atoms with Crippen LogP contribution >= 0.6 is 11.6 Å². The molecule has 1 aromatic heterocycles. The first-order valence-corrected chi connectivity index (χ1v) is 10.3. The third-order valence-corrected chi connectivity index (χ3v) is 6.25. The zero-order valence-corrected chi connectivity index (χ0v) is 16.0. The van der Waals surface area contributed by atoms with Crippen molar-refractivity contribution in [3.63, 3.8) is 0 Å². The van der Waals surface area contributed by atoms with E-state index in [0.29, 0.717) is 23.1 Å². The van der Waals surface area contributed by atoms with Gasteiger partial charge in [-0.1, -0.05) is 11.6 Å². The highest BCUT2D eigenvalue weighted by Gasteiger charge is 2.33. The molecule has 0 bridgehead atoms. The summed E-state index contributed by atoms with van der Waals surface area (Å²) in [6.07, 6.45) is 0.449. The fraction of sp³-hybridized carbons (Fsp3) is 0.353. The molecule has 1 aliphatic rings. The van der Waals surface area contributed by atoms with E-state index in [0.717, 1.165) is 5.69 Å². The Balaban J connectivity index is 1.80. The zero-order chi connectivity index (χ0) is 18.9. The summed E-state index contributed by atoms with van der Waals surface area (Å²) >= 11 is 5.87. The maximum Gasteiger partial charge on any atom is 0.272 e. The van der Waals surface area contributed by atoms with E-state index in [1.54, 1.807) is 44.3 Å². The molecule has 7 nitrogen and oxygen atoms in total. The summed E-state index contributed by atoms with van der Waals surface area (Å²) in [5.74, 6) is 0.0799. The average Bonchev–Trinajstić information content (AvgIpc) is 2.95. The maximum absolute atomic E-state index is 12.7. The molecule has 1 saturated heterocycles. The van der Waals surface area contributed by atoms with Gasteiger partial charge in [-0.2, -0.15) is 0 Å². The average molecular weight is 395 g/mol. The standard InChI is InChI=1S/C17H19ClN4O3S/c1-11-9-15(16(23)22(2)14-7-8-26(24,25)10-14)21-17(19-11)20-13-5-3-12(18)4-6-13/h3-6,9,14H,7-8,10H2,1-2H3,(H,19,20,21). The van der Waals surface area contributed by atoms with Crippen molar-refractivity contribution >= 4 is 39.0 Å². The van der Waals surface area contributed by atoms with Crippen molar-refractivity contribution < 1.29 is 13.2 Å². The molecule has 0 spiro atoms. The smallest absolute Gasteiger partial charge is 0.272 e. The van der Waals surface area contributed by atoms with Crippen molar-refractivity contribution in [1.82, 2.24) is 14.9 Å². The highest BCUT2D eigenvalue weighted by atomic mass is 35.5. The summed E-state index contributed by atoms with van der Waals surface area (Å²) < 4.78 is 23.3. The minimum Gasteiger partial charge on any atom is -0.336 e. The van der Waals surface area contributed by atoms with E-state index >= 15 is 0 Å². The molecule has 1 N–H and O–H groups in total. The molecule has 1 unspecified atom stereocenters. The van der Waals surface area contributed by atoms with E-state index in [9.17, 15) is 13.2 Å². The number of carbonyl (C=O) groups excluding carboxylic acids is 1. The number of aryl methyl sites for hydroxylation is 1. The van der Waals surface area contributed by atoms with Crippen LogP contribution < -0.4 is 5.32 Å². The van der Waals surface area contributed by atoms with Crippen LogP contribution in [0.2, 0.25) is 5.02 Å². The number of nitrogens with zero attached hydrogens (tertiary/aromatic N) is 3. The van der Waals surface area contributed by atoms with Gasteiger partial charge in [-0.15, -0.1) is 0 Å². The third-order valence-electron chi connectivity index (χ3n) is 4.25. The maximum atomic E-state index is 12.7. The van der Waals surface area contributed by atoms with Crippen molar-refractivity contribution in [2.75, 3.05) is 23.9 Å². The predicted molar refractivity (Wildman–Crippen MR) is 101 cm³/mol. The van der Waals surface area contributed by atoms with Crippen LogP contribution in [0.25, 0.3) is 0 Å². The molecule has 1 amide bonds. The number of anilines is 2. The quantitative estimate of drug-likeness (QED) is 0.856.